The predicted molar refractivity (Wildman–Crippen MR) is 71.5 cm³/mol. The molecular formula is C14H13N3O3. The third-order valence-electron chi connectivity index (χ3n) is 2.72. The maximum absolute atomic E-state index is 11.7. The molecule has 0 atom stereocenters. The zero-order valence-corrected chi connectivity index (χ0v) is 10.6. The van der Waals surface area contributed by atoms with Crippen molar-refractivity contribution in [2.24, 2.45) is 0 Å². The first-order valence-corrected chi connectivity index (χ1v) is 6.04. The summed E-state index contributed by atoms with van der Waals surface area (Å²) in [6, 6.07) is 8.23. The first kappa shape index (κ1) is 13.7. The van der Waals surface area contributed by atoms with Crippen LogP contribution in [0.25, 0.3) is 0 Å². The molecule has 1 amide bonds. The van der Waals surface area contributed by atoms with Crippen LogP contribution >= 0.6 is 0 Å². The fraction of sp³-hybridized carbons (Fsp3) is 0.143. The molecule has 0 fully saturated rings. The van der Waals surface area contributed by atoms with E-state index in [-0.39, 0.29) is 11.5 Å². The molecule has 2 rings (SSSR count). The molecule has 0 aliphatic rings. The zero-order valence-electron chi connectivity index (χ0n) is 10.6. The quantitative estimate of drug-likeness (QED) is 0.851. The van der Waals surface area contributed by atoms with Gasteiger partial charge in [-0.2, -0.15) is 10.2 Å². The van der Waals surface area contributed by atoms with Crippen LogP contribution < -0.4 is 5.32 Å². The van der Waals surface area contributed by atoms with Crippen molar-refractivity contribution in [3.8, 4) is 0 Å². The van der Waals surface area contributed by atoms with Crippen LogP contribution in [0.3, 0.4) is 0 Å². The smallest absolute Gasteiger partial charge is 0.335 e. The van der Waals surface area contributed by atoms with Gasteiger partial charge in [0, 0.05) is 6.54 Å². The highest BCUT2D eigenvalue weighted by atomic mass is 16.4. The van der Waals surface area contributed by atoms with Gasteiger partial charge in [-0.1, -0.05) is 12.1 Å². The molecule has 2 N–H and O–H groups in total. The fourth-order valence-electron chi connectivity index (χ4n) is 1.71. The number of benzene rings is 1. The number of carbonyl (C=O) groups excluding carboxylic acids is 1. The molecule has 0 radical (unpaired) electrons. The minimum Gasteiger partial charge on any atom is -0.478 e. The first-order chi connectivity index (χ1) is 9.66. The second-order valence-electron chi connectivity index (χ2n) is 4.14. The van der Waals surface area contributed by atoms with E-state index in [1.807, 2.05) is 6.07 Å². The van der Waals surface area contributed by atoms with Crippen LogP contribution in [-0.2, 0) is 6.42 Å². The van der Waals surface area contributed by atoms with Gasteiger partial charge in [0.15, 0.2) is 0 Å². The fourth-order valence-corrected chi connectivity index (χ4v) is 1.71. The van der Waals surface area contributed by atoms with E-state index in [4.69, 9.17) is 5.11 Å². The maximum Gasteiger partial charge on any atom is 0.335 e. The summed E-state index contributed by atoms with van der Waals surface area (Å²) < 4.78 is 0. The van der Waals surface area contributed by atoms with E-state index in [1.54, 1.807) is 18.2 Å². The Balaban J connectivity index is 1.89. The number of nitrogens with one attached hydrogen (secondary N) is 1. The topological polar surface area (TPSA) is 92.2 Å². The monoisotopic (exact) mass is 271 g/mol. The van der Waals surface area contributed by atoms with Gasteiger partial charge in [0.25, 0.3) is 5.91 Å². The summed E-state index contributed by atoms with van der Waals surface area (Å²) in [7, 11) is 0. The van der Waals surface area contributed by atoms with Crippen LogP contribution in [-0.4, -0.2) is 33.7 Å². The summed E-state index contributed by atoms with van der Waals surface area (Å²) in [5, 5.41) is 18.9. The second kappa shape index (κ2) is 6.42. The van der Waals surface area contributed by atoms with Gasteiger partial charge < -0.3 is 10.4 Å². The van der Waals surface area contributed by atoms with Crippen LogP contribution in [0.2, 0.25) is 0 Å². The standard InChI is InChI=1S/C14H13N3O3/c18-13(12-5-7-16-17-9-12)15-6-4-10-2-1-3-11(8-10)14(19)20/h1-3,5,7-9H,4,6H2,(H,15,18)(H,19,20). The predicted octanol–water partition coefficient (Wildman–Crippen LogP) is 1.15. The van der Waals surface area contributed by atoms with Crippen molar-refractivity contribution in [2.75, 3.05) is 6.54 Å². The number of aromatic carboxylic acids is 1. The zero-order chi connectivity index (χ0) is 14.4. The molecule has 0 spiro atoms. The Morgan fingerprint density at radius 3 is 2.70 bits per heavy atom. The molecule has 1 heterocycles. The number of carboxylic acids is 1. The molecule has 0 unspecified atom stereocenters. The van der Waals surface area contributed by atoms with Crippen molar-refractivity contribution in [2.45, 2.75) is 6.42 Å². The Morgan fingerprint density at radius 1 is 1.15 bits per heavy atom. The highest BCUT2D eigenvalue weighted by molar-refractivity contribution is 5.93. The lowest BCUT2D eigenvalue weighted by Gasteiger charge is -2.05. The summed E-state index contributed by atoms with van der Waals surface area (Å²) in [6.07, 6.45) is 3.40. The van der Waals surface area contributed by atoms with Crippen LogP contribution in [0.4, 0.5) is 0 Å². The van der Waals surface area contributed by atoms with Crippen molar-refractivity contribution < 1.29 is 14.7 Å². The lowest BCUT2D eigenvalue weighted by molar-refractivity contribution is 0.0696. The number of nitrogens with zero attached hydrogens (tertiary/aromatic N) is 2. The van der Waals surface area contributed by atoms with Crippen LogP contribution in [0, 0.1) is 0 Å². The van der Waals surface area contributed by atoms with Crippen molar-refractivity contribution >= 4 is 11.9 Å². The Labute approximate surface area is 115 Å². The minimum atomic E-state index is -0.959. The van der Waals surface area contributed by atoms with Crippen molar-refractivity contribution in [1.82, 2.24) is 15.5 Å². The third-order valence-corrected chi connectivity index (χ3v) is 2.72. The molecule has 0 saturated heterocycles. The lowest BCUT2D eigenvalue weighted by atomic mass is 10.1. The van der Waals surface area contributed by atoms with Gasteiger partial charge in [0.1, 0.15) is 0 Å². The van der Waals surface area contributed by atoms with Crippen molar-refractivity contribution in [1.29, 1.82) is 0 Å². The lowest BCUT2D eigenvalue weighted by Crippen LogP contribution is -2.25. The van der Waals surface area contributed by atoms with E-state index in [1.165, 1.54) is 18.5 Å². The first-order valence-electron chi connectivity index (χ1n) is 6.04. The average Bonchev–Trinajstić information content (AvgIpc) is 2.48. The van der Waals surface area contributed by atoms with Crippen molar-refractivity contribution in [3.63, 3.8) is 0 Å². The normalized spacial score (nSPS) is 10.0. The van der Waals surface area contributed by atoms with Gasteiger partial charge in [-0.25, -0.2) is 4.79 Å². The Kier molecular flexibility index (Phi) is 4.39. The Hall–Kier alpha value is -2.76. The molecule has 1 aromatic carbocycles. The van der Waals surface area contributed by atoms with E-state index in [2.05, 4.69) is 15.5 Å². The number of hydrogen-bond acceptors (Lipinski definition) is 4. The summed E-state index contributed by atoms with van der Waals surface area (Å²) in [6.45, 7) is 0.421. The third kappa shape index (κ3) is 3.61. The Bertz CT molecular complexity index is 614. The summed E-state index contributed by atoms with van der Waals surface area (Å²) in [4.78, 5) is 22.6. The SMILES string of the molecule is O=C(O)c1cccc(CCNC(=O)c2ccnnc2)c1. The number of carbonyl (C=O) groups is 2. The van der Waals surface area contributed by atoms with E-state index >= 15 is 0 Å². The number of amides is 1. The van der Waals surface area contributed by atoms with Gasteiger partial charge in [-0.05, 0) is 30.2 Å². The van der Waals surface area contributed by atoms with E-state index in [0.29, 0.717) is 18.5 Å². The second-order valence-corrected chi connectivity index (χ2v) is 4.14. The minimum absolute atomic E-state index is 0.228. The molecule has 0 bridgehead atoms. The molecule has 6 heteroatoms. The maximum atomic E-state index is 11.7. The van der Waals surface area contributed by atoms with Gasteiger partial charge in [0.2, 0.25) is 0 Å². The molecule has 0 aliphatic carbocycles. The van der Waals surface area contributed by atoms with Crippen LogP contribution in [0.5, 0.6) is 0 Å². The highest BCUT2D eigenvalue weighted by Gasteiger charge is 2.06. The number of rotatable bonds is 5. The van der Waals surface area contributed by atoms with E-state index < -0.39 is 5.97 Å². The molecule has 6 nitrogen and oxygen atoms in total. The number of carboxylic acid groups (broad SMARTS) is 1. The van der Waals surface area contributed by atoms with Gasteiger partial charge >= 0.3 is 5.97 Å². The van der Waals surface area contributed by atoms with Crippen LogP contribution in [0.15, 0.2) is 42.7 Å². The molecule has 102 valence electrons. The average molecular weight is 271 g/mol. The molecule has 0 aliphatic heterocycles. The summed E-state index contributed by atoms with van der Waals surface area (Å²) in [5.41, 5.74) is 1.55. The summed E-state index contributed by atoms with van der Waals surface area (Å²) >= 11 is 0. The molecular weight excluding hydrogens is 258 g/mol. The molecule has 1 aromatic heterocycles. The van der Waals surface area contributed by atoms with Gasteiger partial charge in [-0.15, -0.1) is 0 Å². The van der Waals surface area contributed by atoms with Gasteiger partial charge in [0.05, 0.1) is 23.5 Å². The summed E-state index contributed by atoms with van der Waals surface area (Å²) in [5.74, 6) is -1.19. The Morgan fingerprint density at radius 2 is 2.00 bits per heavy atom. The van der Waals surface area contributed by atoms with E-state index in [9.17, 15) is 9.59 Å². The largest absolute Gasteiger partial charge is 0.478 e. The molecule has 0 saturated carbocycles. The van der Waals surface area contributed by atoms with Crippen LogP contribution in [0.1, 0.15) is 26.3 Å². The molecule has 20 heavy (non-hydrogen) atoms. The van der Waals surface area contributed by atoms with E-state index in [0.717, 1.165) is 5.56 Å². The van der Waals surface area contributed by atoms with Gasteiger partial charge in [-0.3, -0.25) is 4.79 Å². The number of aromatic nitrogens is 2. The molecule has 2 aromatic rings. The highest BCUT2D eigenvalue weighted by Crippen LogP contribution is 2.05. The number of hydrogen-bond donors (Lipinski definition) is 2. The van der Waals surface area contributed by atoms with Crippen molar-refractivity contribution in [3.05, 3.63) is 59.4 Å².